The van der Waals surface area contributed by atoms with E-state index >= 15 is 0 Å². The number of rotatable bonds is 3. The Morgan fingerprint density at radius 1 is 1.25 bits per heavy atom. The summed E-state index contributed by atoms with van der Waals surface area (Å²) in [5.41, 5.74) is 2.91. The molecule has 0 saturated carbocycles. The van der Waals surface area contributed by atoms with Crippen LogP contribution in [0.4, 0.5) is 0 Å². The van der Waals surface area contributed by atoms with Gasteiger partial charge < -0.3 is 19.8 Å². The standard InChI is InChI=1S/C21H25N3O4.C4H10/c1-11(2)8-17-20(26)22-12(3)10-24(17)21(27)18-16-6-4-13-9-14(25)5-7-15(13)19(16)28-23-18;1-4(2)3/h5,7,9,11-12,17,25H,4,6,8,10H2,1-3H3,(H,22,26);4H,1-3H3. The summed E-state index contributed by atoms with van der Waals surface area (Å²) in [7, 11) is 0. The first-order chi connectivity index (χ1) is 15.1. The van der Waals surface area contributed by atoms with Gasteiger partial charge in [0.05, 0.1) is 0 Å². The van der Waals surface area contributed by atoms with Crippen LogP contribution in [0.5, 0.6) is 5.75 Å². The predicted octanol–water partition coefficient (Wildman–Crippen LogP) is 4.18. The van der Waals surface area contributed by atoms with Gasteiger partial charge in [-0.05, 0) is 61.8 Å². The highest BCUT2D eigenvalue weighted by atomic mass is 16.5. The van der Waals surface area contributed by atoms with Crippen LogP contribution >= 0.6 is 0 Å². The van der Waals surface area contributed by atoms with Gasteiger partial charge in [0.25, 0.3) is 5.91 Å². The molecule has 1 fully saturated rings. The topological polar surface area (TPSA) is 95.7 Å². The number of carbonyl (C=O) groups excluding carboxylic acids is 2. The maximum atomic E-state index is 13.4. The van der Waals surface area contributed by atoms with E-state index in [1.807, 2.05) is 20.8 Å². The summed E-state index contributed by atoms with van der Waals surface area (Å²) in [6.07, 6.45) is 1.91. The Hall–Kier alpha value is -2.83. The zero-order chi connectivity index (χ0) is 23.6. The molecule has 0 bridgehead atoms. The Bertz CT molecular complexity index is 977. The molecule has 0 radical (unpaired) electrons. The zero-order valence-electron chi connectivity index (χ0n) is 19.9. The molecule has 0 spiro atoms. The summed E-state index contributed by atoms with van der Waals surface area (Å²) in [6, 6.07) is 4.51. The van der Waals surface area contributed by atoms with Crippen LogP contribution in [0.25, 0.3) is 11.3 Å². The number of aromatic hydroxyl groups is 1. The fourth-order valence-corrected chi connectivity index (χ4v) is 4.18. The van der Waals surface area contributed by atoms with Gasteiger partial charge in [-0.25, -0.2) is 0 Å². The third-order valence-corrected chi connectivity index (χ3v) is 5.46. The highest BCUT2D eigenvalue weighted by Gasteiger charge is 2.39. The molecule has 7 heteroatoms. The number of phenols is 1. The summed E-state index contributed by atoms with van der Waals surface area (Å²) >= 11 is 0. The number of hydrogen-bond acceptors (Lipinski definition) is 5. The molecule has 2 atom stereocenters. The van der Waals surface area contributed by atoms with Crippen LogP contribution in [0.15, 0.2) is 22.7 Å². The smallest absolute Gasteiger partial charge is 0.277 e. The number of phenolic OH excluding ortho intramolecular Hbond substituents is 1. The van der Waals surface area contributed by atoms with E-state index in [0.29, 0.717) is 37.3 Å². The minimum atomic E-state index is -0.496. The van der Waals surface area contributed by atoms with Crippen LogP contribution in [-0.4, -0.2) is 45.6 Å². The van der Waals surface area contributed by atoms with Crippen molar-refractivity contribution >= 4 is 11.8 Å². The second kappa shape index (κ2) is 9.76. The minimum Gasteiger partial charge on any atom is -0.508 e. The van der Waals surface area contributed by atoms with Crippen LogP contribution in [0, 0.1) is 11.8 Å². The third kappa shape index (κ3) is 5.14. The molecule has 1 aliphatic heterocycles. The largest absolute Gasteiger partial charge is 0.508 e. The Morgan fingerprint density at radius 3 is 2.59 bits per heavy atom. The van der Waals surface area contributed by atoms with Crippen LogP contribution in [-0.2, 0) is 17.6 Å². The molecular weight excluding hydrogens is 406 g/mol. The van der Waals surface area contributed by atoms with Crippen molar-refractivity contribution in [3.63, 3.8) is 0 Å². The van der Waals surface area contributed by atoms with E-state index in [0.717, 1.165) is 22.6 Å². The molecule has 32 heavy (non-hydrogen) atoms. The number of hydrogen-bond donors (Lipinski definition) is 2. The Labute approximate surface area is 190 Å². The van der Waals surface area contributed by atoms with Gasteiger partial charge in [-0.1, -0.05) is 39.8 Å². The molecule has 2 amide bonds. The summed E-state index contributed by atoms with van der Waals surface area (Å²) in [6.45, 7) is 12.9. The van der Waals surface area contributed by atoms with Crippen LogP contribution in [0.1, 0.15) is 69.6 Å². The lowest BCUT2D eigenvalue weighted by atomic mass is 9.89. The van der Waals surface area contributed by atoms with E-state index in [2.05, 4.69) is 31.2 Å². The SMILES string of the molecule is CC(C)C.CC(C)CC1C(=O)NC(C)CN1C(=O)c1noc2c1CCc1cc(O)ccc1-2. The van der Waals surface area contributed by atoms with Crippen molar-refractivity contribution in [2.75, 3.05) is 6.54 Å². The lowest BCUT2D eigenvalue weighted by Gasteiger charge is -2.38. The number of nitrogens with zero attached hydrogens (tertiary/aromatic N) is 2. The molecule has 1 aliphatic carbocycles. The quantitative estimate of drug-likeness (QED) is 0.745. The summed E-state index contributed by atoms with van der Waals surface area (Å²) in [5, 5.41) is 16.7. The van der Waals surface area contributed by atoms with Gasteiger partial charge in [0, 0.05) is 23.7 Å². The number of piperazine rings is 1. The molecular formula is C25H35N3O4. The highest BCUT2D eigenvalue weighted by molar-refractivity contribution is 5.99. The number of aryl methyl sites for hydroxylation is 1. The third-order valence-electron chi connectivity index (χ3n) is 5.46. The number of amides is 2. The van der Waals surface area contributed by atoms with Crippen molar-refractivity contribution in [2.24, 2.45) is 11.8 Å². The van der Waals surface area contributed by atoms with Crippen LogP contribution < -0.4 is 5.32 Å². The molecule has 2 aromatic rings. The predicted molar refractivity (Wildman–Crippen MR) is 123 cm³/mol. The molecule has 2 aliphatic rings. The van der Waals surface area contributed by atoms with Crippen molar-refractivity contribution in [3.05, 3.63) is 35.0 Å². The second-order valence-electron chi connectivity index (χ2n) is 9.92. The van der Waals surface area contributed by atoms with Gasteiger partial charge in [-0.15, -0.1) is 0 Å². The highest BCUT2D eigenvalue weighted by Crippen LogP contribution is 2.37. The molecule has 1 aromatic carbocycles. The number of aromatic nitrogens is 1. The Balaban J connectivity index is 0.000000668. The molecule has 2 N–H and O–H groups in total. The van der Waals surface area contributed by atoms with E-state index in [9.17, 15) is 14.7 Å². The van der Waals surface area contributed by atoms with E-state index in [1.54, 1.807) is 23.1 Å². The summed E-state index contributed by atoms with van der Waals surface area (Å²) < 4.78 is 5.56. The summed E-state index contributed by atoms with van der Waals surface area (Å²) in [4.78, 5) is 27.5. The monoisotopic (exact) mass is 441 g/mol. The van der Waals surface area contributed by atoms with E-state index in [4.69, 9.17) is 4.52 Å². The normalized spacial score (nSPS) is 19.8. The van der Waals surface area contributed by atoms with E-state index in [1.165, 1.54) is 0 Å². The zero-order valence-corrected chi connectivity index (χ0v) is 19.9. The average Bonchev–Trinajstić information content (AvgIpc) is 3.12. The first-order valence-corrected chi connectivity index (χ1v) is 11.5. The van der Waals surface area contributed by atoms with Gasteiger partial charge in [0.2, 0.25) is 5.91 Å². The molecule has 7 nitrogen and oxygen atoms in total. The number of carbonyl (C=O) groups is 2. The lowest BCUT2D eigenvalue weighted by Crippen LogP contribution is -2.61. The van der Waals surface area contributed by atoms with Crippen LogP contribution in [0.2, 0.25) is 0 Å². The Kier molecular flexibility index (Phi) is 7.26. The summed E-state index contributed by atoms with van der Waals surface area (Å²) in [5.74, 6) is 1.55. The van der Waals surface area contributed by atoms with Crippen molar-refractivity contribution < 1.29 is 19.2 Å². The van der Waals surface area contributed by atoms with Crippen molar-refractivity contribution in [1.82, 2.24) is 15.4 Å². The first kappa shape index (κ1) is 23.8. The van der Waals surface area contributed by atoms with Gasteiger partial charge in [0.15, 0.2) is 11.5 Å². The van der Waals surface area contributed by atoms with Gasteiger partial charge in [-0.2, -0.15) is 0 Å². The first-order valence-electron chi connectivity index (χ1n) is 11.5. The maximum Gasteiger partial charge on any atom is 0.277 e. The maximum absolute atomic E-state index is 13.4. The Morgan fingerprint density at radius 2 is 1.94 bits per heavy atom. The fourth-order valence-electron chi connectivity index (χ4n) is 4.18. The minimum absolute atomic E-state index is 0.105. The molecule has 1 saturated heterocycles. The molecule has 1 aromatic heterocycles. The average molecular weight is 442 g/mol. The van der Waals surface area contributed by atoms with Crippen molar-refractivity contribution in [2.45, 2.75) is 72.9 Å². The fraction of sp³-hybridized carbons (Fsp3) is 0.560. The molecule has 174 valence electrons. The molecule has 2 heterocycles. The number of nitrogens with one attached hydrogen (secondary N) is 1. The molecule has 2 unspecified atom stereocenters. The van der Waals surface area contributed by atoms with Gasteiger partial charge in [0.1, 0.15) is 11.8 Å². The van der Waals surface area contributed by atoms with Crippen LogP contribution in [0.3, 0.4) is 0 Å². The lowest BCUT2D eigenvalue weighted by molar-refractivity contribution is -0.129. The van der Waals surface area contributed by atoms with Crippen molar-refractivity contribution in [3.8, 4) is 17.1 Å². The van der Waals surface area contributed by atoms with Crippen molar-refractivity contribution in [1.29, 1.82) is 0 Å². The number of fused-ring (bicyclic) bond motifs is 3. The van der Waals surface area contributed by atoms with Gasteiger partial charge in [-0.3, -0.25) is 9.59 Å². The number of benzene rings is 1. The molecule has 4 rings (SSSR count). The van der Waals surface area contributed by atoms with E-state index in [-0.39, 0.29) is 29.5 Å². The second-order valence-corrected chi connectivity index (χ2v) is 9.92. The van der Waals surface area contributed by atoms with Gasteiger partial charge >= 0.3 is 0 Å². The van der Waals surface area contributed by atoms with E-state index < -0.39 is 6.04 Å².